The lowest BCUT2D eigenvalue weighted by atomic mass is 9.92. The second-order valence-corrected chi connectivity index (χ2v) is 10.6. The molecule has 0 unspecified atom stereocenters. The third-order valence-electron chi connectivity index (χ3n) is 8.18. The molecule has 0 bridgehead atoms. The molecule has 1 saturated heterocycles. The fourth-order valence-electron chi connectivity index (χ4n) is 6.13. The van der Waals surface area contributed by atoms with E-state index < -0.39 is 0 Å². The standard InChI is InChI=1S/C29H40N4O2/c34-19-5-6-22-15-17-32(18-16-22)25-12-10-24(11-13-25)31-28-20-27-23(21-30-28)9-14-29(35)33(27)26-7-3-1-2-4-8-26/h10-13,20-22,26,34H,1-9,14-19H2,(H,30,31). The molecule has 3 aliphatic rings. The van der Waals surface area contributed by atoms with E-state index in [1.54, 1.807) is 0 Å². The normalized spacial score (nSPS) is 20.0. The number of piperidine rings is 1. The predicted molar refractivity (Wildman–Crippen MR) is 143 cm³/mol. The highest BCUT2D eigenvalue weighted by atomic mass is 16.3. The van der Waals surface area contributed by atoms with E-state index in [9.17, 15) is 4.79 Å². The summed E-state index contributed by atoms with van der Waals surface area (Å²) < 4.78 is 0. The molecule has 6 nitrogen and oxygen atoms in total. The second kappa shape index (κ2) is 11.4. The van der Waals surface area contributed by atoms with Gasteiger partial charge in [-0.15, -0.1) is 0 Å². The number of anilines is 4. The Kier molecular flexibility index (Phi) is 7.87. The van der Waals surface area contributed by atoms with Crippen molar-refractivity contribution in [1.29, 1.82) is 0 Å². The van der Waals surface area contributed by atoms with Gasteiger partial charge in [0.15, 0.2) is 0 Å². The molecule has 6 heteroatoms. The number of aliphatic hydroxyl groups is 1. The van der Waals surface area contributed by atoms with Gasteiger partial charge in [0.25, 0.3) is 0 Å². The monoisotopic (exact) mass is 476 g/mol. The van der Waals surface area contributed by atoms with Crippen LogP contribution in [-0.4, -0.2) is 41.7 Å². The number of aromatic nitrogens is 1. The maximum Gasteiger partial charge on any atom is 0.227 e. The highest BCUT2D eigenvalue weighted by molar-refractivity contribution is 5.97. The van der Waals surface area contributed by atoms with E-state index in [0.717, 1.165) is 68.3 Å². The average Bonchev–Trinajstić information content (AvgIpc) is 3.17. The van der Waals surface area contributed by atoms with Gasteiger partial charge in [-0.1, -0.05) is 25.7 Å². The Hall–Kier alpha value is -2.60. The zero-order chi connectivity index (χ0) is 24.0. The van der Waals surface area contributed by atoms with Crippen LogP contribution in [-0.2, 0) is 11.2 Å². The fraction of sp³-hybridized carbons (Fsp3) is 0.586. The van der Waals surface area contributed by atoms with Gasteiger partial charge in [0, 0.05) is 55.8 Å². The van der Waals surface area contributed by atoms with E-state index in [-0.39, 0.29) is 5.91 Å². The van der Waals surface area contributed by atoms with Gasteiger partial charge in [-0.25, -0.2) is 4.98 Å². The van der Waals surface area contributed by atoms with Crippen LogP contribution in [0.25, 0.3) is 0 Å². The largest absolute Gasteiger partial charge is 0.396 e. The van der Waals surface area contributed by atoms with Crippen LogP contribution in [0.4, 0.5) is 22.9 Å². The van der Waals surface area contributed by atoms with E-state index >= 15 is 0 Å². The van der Waals surface area contributed by atoms with Crippen molar-refractivity contribution in [3.8, 4) is 0 Å². The molecule has 0 spiro atoms. The number of pyridine rings is 1. The first-order chi connectivity index (χ1) is 17.2. The van der Waals surface area contributed by atoms with Crippen molar-refractivity contribution in [2.45, 2.75) is 83.1 Å². The number of hydrogen-bond acceptors (Lipinski definition) is 5. The van der Waals surface area contributed by atoms with E-state index in [1.165, 1.54) is 49.8 Å². The minimum atomic E-state index is 0.269. The minimum Gasteiger partial charge on any atom is -0.396 e. The zero-order valence-corrected chi connectivity index (χ0v) is 20.9. The summed E-state index contributed by atoms with van der Waals surface area (Å²) in [6.45, 7) is 2.48. The number of aliphatic hydroxyl groups excluding tert-OH is 1. The van der Waals surface area contributed by atoms with Gasteiger partial charge in [0.1, 0.15) is 5.82 Å². The van der Waals surface area contributed by atoms with Crippen LogP contribution in [0.3, 0.4) is 0 Å². The predicted octanol–water partition coefficient (Wildman–Crippen LogP) is 5.82. The van der Waals surface area contributed by atoms with Crippen molar-refractivity contribution in [3.05, 3.63) is 42.1 Å². The van der Waals surface area contributed by atoms with Crippen LogP contribution in [0.1, 0.15) is 76.2 Å². The first-order valence-electron chi connectivity index (χ1n) is 13.7. The van der Waals surface area contributed by atoms with Gasteiger partial charge >= 0.3 is 0 Å². The third kappa shape index (κ3) is 5.80. The first-order valence-corrected chi connectivity index (χ1v) is 13.7. The highest BCUT2D eigenvalue weighted by Gasteiger charge is 2.31. The number of rotatable bonds is 7. The molecule has 3 heterocycles. The number of benzene rings is 1. The van der Waals surface area contributed by atoms with Crippen LogP contribution in [0, 0.1) is 5.92 Å². The Morgan fingerprint density at radius 2 is 1.71 bits per heavy atom. The lowest BCUT2D eigenvalue weighted by molar-refractivity contribution is -0.119. The number of carbonyl (C=O) groups excluding carboxylic acids is 1. The molecule has 1 aromatic carbocycles. The number of nitrogens with zero attached hydrogens (tertiary/aromatic N) is 3. The number of nitrogens with one attached hydrogen (secondary N) is 1. The number of aryl methyl sites for hydroxylation is 1. The molecule has 0 atom stereocenters. The summed E-state index contributed by atoms with van der Waals surface area (Å²) in [4.78, 5) is 22.2. The molecule has 35 heavy (non-hydrogen) atoms. The van der Waals surface area contributed by atoms with Crippen LogP contribution < -0.4 is 15.1 Å². The van der Waals surface area contributed by atoms with Gasteiger partial charge in [-0.2, -0.15) is 0 Å². The Bertz CT molecular complexity index is 977. The molecule has 2 aromatic rings. The van der Waals surface area contributed by atoms with Crippen molar-refractivity contribution in [2.24, 2.45) is 5.92 Å². The van der Waals surface area contributed by atoms with E-state index in [0.29, 0.717) is 19.1 Å². The smallest absolute Gasteiger partial charge is 0.227 e. The lowest BCUT2D eigenvalue weighted by Gasteiger charge is -2.36. The fourth-order valence-corrected chi connectivity index (χ4v) is 6.13. The third-order valence-corrected chi connectivity index (χ3v) is 8.18. The van der Waals surface area contributed by atoms with Crippen molar-refractivity contribution in [3.63, 3.8) is 0 Å². The summed E-state index contributed by atoms with van der Waals surface area (Å²) in [7, 11) is 0. The second-order valence-electron chi connectivity index (χ2n) is 10.6. The summed E-state index contributed by atoms with van der Waals surface area (Å²) in [5, 5.41) is 12.5. The molecule has 1 aromatic heterocycles. The minimum absolute atomic E-state index is 0.269. The topological polar surface area (TPSA) is 68.7 Å². The Morgan fingerprint density at radius 1 is 0.971 bits per heavy atom. The Balaban J connectivity index is 1.25. The van der Waals surface area contributed by atoms with Crippen molar-refractivity contribution in [2.75, 3.05) is 34.8 Å². The summed E-state index contributed by atoms with van der Waals surface area (Å²) in [5.74, 6) is 1.82. The SMILES string of the molecule is O=C1CCc2cnc(Nc3ccc(N4CCC(CCCO)CC4)cc3)cc2N1C1CCCCCC1. The average molecular weight is 477 g/mol. The van der Waals surface area contributed by atoms with Crippen LogP contribution in [0.15, 0.2) is 36.5 Å². The molecule has 1 aliphatic carbocycles. The van der Waals surface area contributed by atoms with Crippen molar-refractivity contribution in [1.82, 2.24) is 4.98 Å². The van der Waals surface area contributed by atoms with Gasteiger partial charge in [0.05, 0.1) is 5.69 Å². The number of hydrogen-bond donors (Lipinski definition) is 2. The van der Waals surface area contributed by atoms with Gasteiger partial charge in [-0.3, -0.25) is 4.79 Å². The number of amides is 1. The van der Waals surface area contributed by atoms with E-state index in [1.807, 2.05) is 6.20 Å². The molecule has 2 N–H and O–H groups in total. The molecule has 0 radical (unpaired) electrons. The van der Waals surface area contributed by atoms with Crippen LogP contribution >= 0.6 is 0 Å². The Morgan fingerprint density at radius 3 is 2.43 bits per heavy atom. The zero-order valence-electron chi connectivity index (χ0n) is 20.9. The molecule has 2 fully saturated rings. The molecule has 1 amide bonds. The van der Waals surface area contributed by atoms with Gasteiger partial charge in [0.2, 0.25) is 5.91 Å². The summed E-state index contributed by atoms with van der Waals surface area (Å²) in [6.07, 6.45) is 15.0. The van der Waals surface area contributed by atoms with Crippen molar-refractivity contribution >= 4 is 28.8 Å². The quantitative estimate of drug-likeness (QED) is 0.493. The molecular weight excluding hydrogens is 436 g/mol. The van der Waals surface area contributed by atoms with Crippen molar-refractivity contribution < 1.29 is 9.90 Å². The molecule has 188 valence electrons. The maximum absolute atomic E-state index is 13.0. The summed E-state index contributed by atoms with van der Waals surface area (Å²) >= 11 is 0. The summed E-state index contributed by atoms with van der Waals surface area (Å²) in [5.41, 5.74) is 4.53. The highest BCUT2D eigenvalue weighted by Crippen LogP contribution is 2.35. The molecule has 2 aliphatic heterocycles. The first kappa shape index (κ1) is 24.1. The lowest BCUT2D eigenvalue weighted by Crippen LogP contribution is -2.43. The number of carbonyl (C=O) groups is 1. The van der Waals surface area contributed by atoms with Crippen LogP contribution in [0.2, 0.25) is 0 Å². The number of fused-ring (bicyclic) bond motifs is 1. The van der Waals surface area contributed by atoms with E-state index in [4.69, 9.17) is 5.11 Å². The Labute approximate surface area is 209 Å². The van der Waals surface area contributed by atoms with Gasteiger partial charge in [-0.05, 0) is 80.7 Å². The van der Waals surface area contributed by atoms with Crippen LogP contribution in [0.5, 0.6) is 0 Å². The molecule has 5 rings (SSSR count). The van der Waals surface area contributed by atoms with E-state index in [2.05, 4.69) is 50.4 Å². The molecular formula is C29H40N4O2. The molecule has 1 saturated carbocycles. The maximum atomic E-state index is 13.0. The van der Waals surface area contributed by atoms with Gasteiger partial charge < -0.3 is 20.2 Å². The summed E-state index contributed by atoms with van der Waals surface area (Å²) in [6, 6.07) is 11.0.